The second-order valence-corrected chi connectivity index (χ2v) is 4.48. The Morgan fingerprint density at radius 2 is 1.89 bits per heavy atom. The van der Waals surface area contributed by atoms with Gasteiger partial charge in [-0.25, -0.2) is 0 Å². The molecule has 0 aliphatic heterocycles. The Balaban J connectivity index is 2.66. The molecule has 1 aromatic carbocycles. The monoisotopic (exact) mass is 342 g/mol. The minimum atomic E-state index is -4.51. The summed E-state index contributed by atoms with van der Waals surface area (Å²) in [5, 5.41) is 0. The summed E-state index contributed by atoms with van der Waals surface area (Å²) in [6.07, 6.45) is -6.53. The van der Waals surface area contributed by atoms with E-state index in [-0.39, 0.29) is 12.2 Å². The molecular formula is C12H14BrF3O3. The summed E-state index contributed by atoms with van der Waals surface area (Å²) < 4.78 is 53.5. The standard InChI is InChI=1S/C12H14BrF3O3/c1-17-6-7-18-8-19-11(12(14,15)16)9-4-2-3-5-10(9)13/h2-5,11H,6-8H2,1H3. The van der Waals surface area contributed by atoms with Crippen molar-refractivity contribution in [2.24, 2.45) is 0 Å². The van der Waals surface area contributed by atoms with Gasteiger partial charge < -0.3 is 14.2 Å². The van der Waals surface area contributed by atoms with Crippen LogP contribution in [0.2, 0.25) is 0 Å². The van der Waals surface area contributed by atoms with Crippen LogP contribution in [0.15, 0.2) is 28.7 Å². The van der Waals surface area contributed by atoms with E-state index in [1.165, 1.54) is 25.3 Å². The first-order valence-electron chi connectivity index (χ1n) is 5.46. The Morgan fingerprint density at radius 3 is 2.47 bits per heavy atom. The molecule has 0 spiro atoms. The molecule has 1 atom stereocenters. The number of hydrogen-bond acceptors (Lipinski definition) is 3. The van der Waals surface area contributed by atoms with Crippen LogP contribution in [-0.2, 0) is 14.2 Å². The van der Waals surface area contributed by atoms with Gasteiger partial charge in [0.25, 0.3) is 0 Å². The van der Waals surface area contributed by atoms with E-state index in [4.69, 9.17) is 14.2 Å². The van der Waals surface area contributed by atoms with Crippen LogP contribution in [0.25, 0.3) is 0 Å². The molecule has 0 saturated heterocycles. The smallest absolute Gasteiger partial charge is 0.382 e. The number of alkyl halides is 3. The second kappa shape index (κ2) is 7.84. The van der Waals surface area contributed by atoms with Gasteiger partial charge in [-0.1, -0.05) is 34.1 Å². The van der Waals surface area contributed by atoms with E-state index >= 15 is 0 Å². The van der Waals surface area contributed by atoms with Crippen LogP contribution >= 0.6 is 15.9 Å². The quantitative estimate of drug-likeness (QED) is 0.558. The zero-order chi connectivity index (χ0) is 14.3. The van der Waals surface area contributed by atoms with Crippen molar-refractivity contribution in [1.29, 1.82) is 0 Å². The molecule has 0 aliphatic carbocycles. The fourth-order valence-corrected chi connectivity index (χ4v) is 1.86. The van der Waals surface area contributed by atoms with Crippen molar-refractivity contribution in [2.45, 2.75) is 12.3 Å². The van der Waals surface area contributed by atoms with E-state index in [1.54, 1.807) is 6.07 Å². The highest BCUT2D eigenvalue weighted by Crippen LogP contribution is 2.38. The van der Waals surface area contributed by atoms with Crippen LogP contribution in [0, 0.1) is 0 Å². The predicted octanol–water partition coefficient (Wildman–Crippen LogP) is 3.69. The summed E-state index contributed by atoms with van der Waals surface area (Å²) in [7, 11) is 1.48. The summed E-state index contributed by atoms with van der Waals surface area (Å²) in [6.45, 7) is 0.0288. The molecule has 0 N–H and O–H groups in total. The summed E-state index contributed by atoms with van der Waals surface area (Å²) in [6, 6.07) is 6.05. The summed E-state index contributed by atoms with van der Waals surface area (Å²) in [4.78, 5) is 0. The fourth-order valence-electron chi connectivity index (χ4n) is 1.37. The van der Waals surface area contributed by atoms with Crippen molar-refractivity contribution in [3.8, 4) is 0 Å². The van der Waals surface area contributed by atoms with Gasteiger partial charge in [-0.2, -0.15) is 13.2 Å². The normalized spacial score (nSPS) is 13.5. The largest absolute Gasteiger partial charge is 0.419 e. The number of benzene rings is 1. The lowest BCUT2D eigenvalue weighted by atomic mass is 10.1. The molecule has 0 fully saturated rings. The van der Waals surface area contributed by atoms with Gasteiger partial charge in [0.15, 0.2) is 6.10 Å². The van der Waals surface area contributed by atoms with Crippen LogP contribution in [0.4, 0.5) is 13.2 Å². The molecule has 0 aromatic heterocycles. The maximum atomic E-state index is 12.9. The molecule has 0 heterocycles. The maximum Gasteiger partial charge on any atom is 0.419 e. The lowest BCUT2D eigenvalue weighted by molar-refractivity contribution is -0.247. The molecule has 0 radical (unpaired) electrons. The van der Waals surface area contributed by atoms with E-state index in [0.717, 1.165) is 0 Å². The average molecular weight is 343 g/mol. The van der Waals surface area contributed by atoms with Crippen LogP contribution in [-0.4, -0.2) is 33.3 Å². The van der Waals surface area contributed by atoms with E-state index in [2.05, 4.69) is 15.9 Å². The topological polar surface area (TPSA) is 27.7 Å². The predicted molar refractivity (Wildman–Crippen MR) is 66.7 cm³/mol. The number of halogens is 4. The Kier molecular flexibility index (Phi) is 6.78. The summed E-state index contributed by atoms with van der Waals surface area (Å²) in [5.74, 6) is 0. The Morgan fingerprint density at radius 1 is 1.21 bits per heavy atom. The molecule has 3 nitrogen and oxygen atoms in total. The van der Waals surface area contributed by atoms with Gasteiger partial charge in [0.2, 0.25) is 0 Å². The fraction of sp³-hybridized carbons (Fsp3) is 0.500. The third-order valence-corrected chi connectivity index (χ3v) is 2.96. The lowest BCUT2D eigenvalue weighted by Crippen LogP contribution is -2.25. The molecule has 7 heteroatoms. The van der Waals surface area contributed by atoms with Crippen molar-refractivity contribution in [2.75, 3.05) is 27.1 Å². The van der Waals surface area contributed by atoms with Gasteiger partial charge in [-0.3, -0.25) is 0 Å². The highest BCUT2D eigenvalue weighted by atomic mass is 79.9. The maximum absolute atomic E-state index is 12.9. The van der Waals surface area contributed by atoms with Crippen molar-refractivity contribution in [1.82, 2.24) is 0 Å². The molecule has 1 rings (SSSR count). The first kappa shape index (κ1) is 16.4. The lowest BCUT2D eigenvalue weighted by Gasteiger charge is -2.22. The van der Waals surface area contributed by atoms with Crippen molar-refractivity contribution in [3.05, 3.63) is 34.3 Å². The van der Waals surface area contributed by atoms with Crippen LogP contribution in [0.3, 0.4) is 0 Å². The van der Waals surface area contributed by atoms with Crippen molar-refractivity contribution >= 4 is 15.9 Å². The Labute approximate surface area is 117 Å². The van der Waals surface area contributed by atoms with E-state index in [0.29, 0.717) is 11.1 Å². The van der Waals surface area contributed by atoms with Gasteiger partial charge in [0.05, 0.1) is 13.2 Å². The number of ether oxygens (including phenoxy) is 3. The van der Waals surface area contributed by atoms with Crippen LogP contribution in [0.5, 0.6) is 0 Å². The van der Waals surface area contributed by atoms with Gasteiger partial charge in [-0.15, -0.1) is 0 Å². The van der Waals surface area contributed by atoms with E-state index in [9.17, 15) is 13.2 Å². The third kappa shape index (κ3) is 5.48. The molecular weight excluding hydrogens is 329 g/mol. The highest BCUT2D eigenvalue weighted by Gasteiger charge is 2.42. The van der Waals surface area contributed by atoms with Gasteiger partial charge in [0.1, 0.15) is 6.79 Å². The second-order valence-electron chi connectivity index (χ2n) is 3.63. The van der Waals surface area contributed by atoms with Gasteiger partial charge >= 0.3 is 6.18 Å². The summed E-state index contributed by atoms with van der Waals surface area (Å²) in [5.41, 5.74) is 0.0188. The summed E-state index contributed by atoms with van der Waals surface area (Å²) >= 11 is 3.08. The molecule has 0 saturated carbocycles. The van der Waals surface area contributed by atoms with E-state index < -0.39 is 19.1 Å². The van der Waals surface area contributed by atoms with Crippen LogP contribution in [0.1, 0.15) is 11.7 Å². The first-order valence-corrected chi connectivity index (χ1v) is 6.25. The molecule has 1 aromatic rings. The molecule has 108 valence electrons. The third-order valence-electron chi connectivity index (χ3n) is 2.23. The number of methoxy groups -OCH3 is 1. The van der Waals surface area contributed by atoms with Gasteiger partial charge in [-0.05, 0) is 6.07 Å². The molecule has 0 aliphatic rings. The number of rotatable bonds is 7. The molecule has 0 amide bonds. The average Bonchev–Trinajstić information content (AvgIpc) is 2.34. The Hall–Kier alpha value is -0.630. The minimum Gasteiger partial charge on any atom is -0.382 e. The first-order chi connectivity index (χ1) is 8.96. The van der Waals surface area contributed by atoms with Crippen LogP contribution < -0.4 is 0 Å². The van der Waals surface area contributed by atoms with E-state index in [1.807, 2.05) is 0 Å². The SMILES string of the molecule is COCCOCOC(c1ccccc1Br)C(F)(F)F. The molecule has 0 bridgehead atoms. The zero-order valence-electron chi connectivity index (χ0n) is 10.2. The Bertz CT molecular complexity index is 385. The highest BCUT2D eigenvalue weighted by molar-refractivity contribution is 9.10. The minimum absolute atomic E-state index is 0.0188. The molecule has 19 heavy (non-hydrogen) atoms. The van der Waals surface area contributed by atoms with Crippen molar-refractivity contribution < 1.29 is 27.4 Å². The van der Waals surface area contributed by atoms with Crippen molar-refractivity contribution in [3.63, 3.8) is 0 Å². The zero-order valence-corrected chi connectivity index (χ0v) is 11.8. The number of hydrogen-bond donors (Lipinski definition) is 0. The van der Waals surface area contributed by atoms with Gasteiger partial charge in [0, 0.05) is 17.1 Å². The molecule has 1 unspecified atom stereocenters.